The molecule has 1 saturated heterocycles. The zero-order chi connectivity index (χ0) is 19.9. The van der Waals surface area contributed by atoms with E-state index in [4.69, 9.17) is 4.74 Å². The second kappa shape index (κ2) is 9.59. The smallest absolute Gasteiger partial charge is 0.410 e. The van der Waals surface area contributed by atoms with Crippen LogP contribution in [0.5, 0.6) is 0 Å². The number of nitrogens with one attached hydrogen (secondary N) is 2. The maximum absolute atomic E-state index is 12.7. The number of rotatable bonds is 7. The molecule has 0 unspecified atom stereocenters. The quantitative estimate of drug-likeness (QED) is 0.676. The van der Waals surface area contributed by atoms with Crippen LogP contribution >= 0.6 is 0 Å². The van der Waals surface area contributed by atoms with Crippen molar-refractivity contribution in [3.8, 4) is 0 Å². The fraction of sp³-hybridized carbons (Fsp3) is 0.737. The lowest BCUT2D eigenvalue weighted by Crippen LogP contribution is -2.54. The average Bonchev–Trinajstić information content (AvgIpc) is 2.99. The van der Waals surface area contributed by atoms with E-state index in [1.807, 2.05) is 13.8 Å². The monoisotopic (exact) mass is 367 g/mol. The summed E-state index contributed by atoms with van der Waals surface area (Å²) < 4.78 is 5.39. The molecule has 7 heteroatoms. The Bertz CT molecular complexity index is 525. The Morgan fingerprint density at radius 1 is 1.31 bits per heavy atom. The van der Waals surface area contributed by atoms with Crippen LogP contribution in [0.2, 0.25) is 0 Å². The predicted octanol–water partition coefficient (Wildman–Crippen LogP) is 2.22. The minimum absolute atomic E-state index is 0.236. The Morgan fingerprint density at radius 2 is 1.96 bits per heavy atom. The Hall–Kier alpha value is -2.05. The van der Waals surface area contributed by atoms with Gasteiger partial charge in [0.1, 0.15) is 17.7 Å². The van der Waals surface area contributed by atoms with Crippen LogP contribution in [0.1, 0.15) is 53.9 Å². The molecular weight excluding hydrogens is 334 g/mol. The standard InChI is InChI=1S/C19H33N3O4/c1-7-10-20-16(23)14(12-13(2)3)21-17(24)15-9-8-11-22(15)18(25)26-19(4,5)6/h7,13-15H,1,8-12H2,2-6H3,(H,20,23)(H,21,24)/t14-,15-/m0/s1. The zero-order valence-corrected chi connectivity index (χ0v) is 16.6. The van der Waals surface area contributed by atoms with E-state index in [0.29, 0.717) is 25.9 Å². The lowest BCUT2D eigenvalue weighted by molar-refractivity contribution is -0.131. The molecule has 0 spiro atoms. The summed E-state index contributed by atoms with van der Waals surface area (Å²) in [6.07, 6.45) is 2.91. The highest BCUT2D eigenvalue weighted by atomic mass is 16.6. The maximum Gasteiger partial charge on any atom is 0.410 e. The van der Waals surface area contributed by atoms with Crippen molar-refractivity contribution in [1.82, 2.24) is 15.5 Å². The van der Waals surface area contributed by atoms with Crippen molar-refractivity contribution in [2.45, 2.75) is 71.6 Å². The topological polar surface area (TPSA) is 87.7 Å². The molecule has 3 amide bonds. The fourth-order valence-electron chi connectivity index (χ4n) is 2.85. The first-order valence-corrected chi connectivity index (χ1v) is 9.23. The third kappa shape index (κ3) is 7.06. The first-order chi connectivity index (χ1) is 12.0. The minimum atomic E-state index is -0.636. The van der Waals surface area contributed by atoms with E-state index in [9.17, 15) is 14.4 Å². The van der Waals surface area contributed by atoms with Crippen molar-refractivity contribution in [1.29, 1.82) is 0 Å². The Balaban J connectivity index is 2.78. The summed E-state index contributed by atoms with van der Waals surface area (Å²) in [5.41, 5.74) is -0.620. The molecule has 1 aliphatic heterocycles. The highest BCUT2D eigenvalue weighted by Crippen LogP contribution is 2.21. The van der Waals surface area contributed by atoms with Gasteiger partial charge in [0.15, 0.2) is 0 Å². The number of likely N-dealkylation sites (tertiary alicyclic amines) is 1. The Morgan fingerprint density at radius 3 is 2.50 bits per heavy atom. The minimum Gasteiger partial charge on any atom is -0.444 e. The highest BCUT2D eigenvalue weighted by Gasteiger charge is 2.37. The Kier molecular flexibility index (Phi) is 8.11. The third-order valence-electron chi connectivity index (χ3n) is 3.94. The van der Waals surface area contributed by atoms with Gasteiger partial charge in [-0.3, -0.25) is 14.5 Å². The number of ether oxygens (including phenoxy) is 1. The van der Waals surface area contributed by atoms with Gasteiger partial charge in [-0.15, -0.1) is 6.58 Å². The largest absolute Gasteiger partial charge is 0.444 e. The summed E-state index contributed by atoms with van der Waals surface area (Å²) in [5, 5.41) is 5.53. The van der Waals surface area contributed by atoms with Gasteiger partial charge in [-0.2, -0.15) is 0 Å². The first-order valence-electron chi connectivity index (χ1n) is 9.23. The molecule has 26 heavy (non-hydrogen) atoms. The number of hydrogen-bond acceptors (Lipinski definition) is 4. The molecule has 7 nitrogen and oxygen atoms in total. The van der Waals surface area contributed by atoms with Crippen molar-refractivity contribution in [3.63, 3.8) is 0 Å². The second-order valence-corrected chi connectivity index (χ2v) is 8.06. The van der Waals surface area contributed by atoms with Crippen LogP contribution in [-0.4, -0.2) is 53.6 Å². The highest BCUT2D eigenvalue weighted by molar-refractivity contribution is 5.91. The molecule has 1 fully saturated rings. The first kappa shape index (κ1) is 22.0. The van der Waals surface area contributed by atoms with E-state index in [1.54, 1.807) is 26.8 Å². The van der Waals surface area contributed by atoms with Gasteiger partial charge in [0.2, 0.25) is 11.8 Å². The molecule has 0 aromatic carbocycles. The van der Waals surface area contributed by atoms with Crippen molar-refractivity contribution >= 4 is 17.9 Å². The summed E-state index contributed by atoms with van der Waals surface area (Å²) in [5.74, 6) is -0.318. The van der Waals surface area contributed by atoms with Crippen LogP contribution in [0.25, 0.3) is 0 Å². The van der Waals surface area contributed by atoms with Gasteiger partial charge in [0.25, 0.3) is 0 Å². The van der Waals surface area contributed by atoms with E-state index in [1.165, 1.54) is 4.90 Å². The lowest BCUT2D eigenvalue weighted by Gasteiger charge is -2.29. The van der Waals surface area contributed by atoms with Crippen LogP contribution < -0.4 is 10.6 Å². The van der Waals surface area contributed by atoms with Gasteiger partial charge in [-0.1, -0.05) is 19.9 Å². The summed E-state index contributed by atoms with van der Waals surface area (Å²) in [6, 6.07) is -1.24. The molecule has 1 rings (SSSR count). The fourth-order valence-corrected chi connectivity index (χ4v) is 2.85. The van der Waals surface area contributed by atoms with E-state index < -0.39 is 23.8 Å². The zero-order valence-electron chi connectivity index (χ0n) is 16.6. The van der Waals surface area contributed by atoms with Gasteiger partial charge in [0, 0.05) is 13.1 Å². The maximum atomic E-state index is 12.7. The molecule has 148 valence electrons. The average molecular weight is 367 g/mol. The summed E-state index contributed by atoms with van der Waals surface area (Å²) >= 11 is 0. The SMILES string of the molecule is C=CCNC(=O)[C@H](CC(C)C)NC(=O)[C@@H]1CCCN1C(=O)OC(C)(C)C. The van der Waals surface area contributed by atoms with E-state index in [-0.39, 0.29) is 17.7 Å². The molecule has 0 radical (unpaired) electrons. The van der Waals surface area contributed by atoms with Gasteiger partial charge >= 0.3 is 6.09 Å². The second-order valence-electron chi connectivity index (χ2n) is 8.06. The van der Waals surface area contributed by atoms with Crippen molar-refractivity contribution in [2.24, 2.45) is 5.92 Å². The van der Waals surface area contributed by atoms with E-state index in [2.05, 4.69) is 17.2 Å². The van der Waals surface area contributed by atoms with Crippen molar-refractivity contribution in [2.75, 3.05) is 13.1 Å². The normalized spacial score (nSPS) is 18.4. The molecule has 2 N–H and O–H groups in total. The number of hydrogen-bond donors (Lipinski definition) is 2. The summed E-state index contributed by atoms with van der Waals surface area (Å²) in [7, 11) is 0. The van der Waals surface area contributed by atoms with Crippen molar-refractivity contribution in [3.05, 3.63) is 12.7 Å². The predicted molar refractivity (Wildman–Crippen MR) is 101 cm³/mol. The molecule has 0 aromatic rings. The molecule has 2 atom stereocenters. The molecule has 0 aliphatic carbocycles. The van der Waals surface area contributed by atoms with Crippen molar-refractivity contribution < 1.29 is 19.1 Å². The molecule has 0 aromatic heterocycles. The lowest BCUT2D eigenvalue weighted by atomic mass is 10.0. The number of carbonyl (C=O) groups is 3. The van der Waals surface area contributed by atoms with Gasteiger partial charge < -0.3 is 15.4 Å². The van der Waals surface area contributed by atoms with Gasteiger partial charge in [-0.25, -0.2) is 4.79 Å². The summed E-state index contributed by atoms with van der Waals surface area (Å²) in [6.45, 7) is 13.7. The van der Waals surface area contributed by atoms with E-state index in [0.717, 1.165) is 6.42 Å². The third-order valence-corrected chi connectivity index (χ3v) is 3.94. The number of carbonyl (C=O) groups excluding carboxylic acids is 3. The molecule has 0 saturated carbocycles. The molecular formula is C19H33N3O4. The van der Waals surface area contributed by atoms with Crippen LogP contribution in [0, 0.1) is 5.92 Å². The molecule has 0 bridgehead atoms. The Labute approximate surface area is 156 Å². The van der Waals surface area contributed by atoms with Crippen LogP contribution in [0.15, 0.2) is 12.7 Å². The number of nitrogens with zero attached hydrogens (tertiary/aromatic N) is 1. The van der Waals surface area contributed by atoms with Gasteiger partial charge in [0.05, 0.1) is 0 Å². The van der Waals surface area contributed by atoms with Gasteiger partial charge in [-0.05, 0) is 46.0 Å². The molecule has 1 aliphatic rings. The van der Waals surface area contributed by atoms with E-state index >= 15 is 0 Å². The molecule has 1 heterocycles. The van der Waals surface area contributed by atoms with Crippen LogP contribution in [-0.2, 0) is 14.3 Å². The summed E-state index contributed by atoms with van der Waals surface area (Å²) in [4.78, 5) is 38.8. The van der Waals surface area contributed by atoms with Crippen LogP contribution in [0.4, 0.5) is 4.79 Å². The van der Waals surface area contributed by atoms with Crippen LogP contribution in [0.3, 0.4) is 0 Å². The number of amides is 3.